The molecule has 2 fully saturated rings. The molecule has 2 aromatic rings. The molecule has 42 heavy (non-hydrogen) atoms. The van der Waals surface area contributed by atoms with E-state index in [2.05, 4.69) is 9.64 Å². The van der Waals surface area contributed by atoms with Crippen molar-refractivity contribution < 1.29 is 52.0 Å². The van der Waals surface area contributed by atoms with Crippen LogP contribution in [0.2, 0.25) is 5.02 Å². The average molecular weight is 615 g/mol. The molecule has 3 aliphatic heterocycles. The zero-order valence-electron chi connectivity index (χ0n) is 22.7. The number of carbonyl (C=O) groups is 2. The van der Waals surface area contributed by atoms with Crippen molar-refractivity contribution in [1.82, 2.24) is 9.96 Å². The summed E-state index contributed by atoms with van der Waals surface area (Å²) < 4.78 is 54.4. The molecular formula is C28H30ClF3N2O8. The number of β-amino-alcohol motifs (C(OH)–C–C–N with tert-alkyl or cyclic N) is 1. The molecule has 2 N–H and O–H groups in total. The number of aromatic hydroxyl groups is 1. The van der Waals surface area contributed by atoms with Crippen LogP contribution < -0.4 is 9.47 Å². The van der Waals surface area contributed by atoms with E-state index in [1.54, 1.807) is 6.07 Å². The highest BCUT2D eigenvalue weighted by Crippen LogP contribution is 2.42. The van der Waals surface area contributed by atoms with Crippen LogP contribution in [0.15, 0.2) is 36.4 Å². The lowest BCUT2D eigenvalue weighted by Gasteiger charge is -2.39. The summed E-state index contributed by atoms with van der Waals surface area (Å²) in [6.07, 6.45) is -3.81. The Hall–Kier alpha value is -3.26. The van der Waals surface area contributed by atoms with Gasteiger partial charge in [-0.05, 0) is 42.8 Å². The Morgan fingerprint density at radius 3 is 2.62 bits per heavy atom. The van der Waals surface area contributed by atoms with Gasteiger partial charge in [0.05, 0.1) is 12.1 Å². The van der Waals surface area contributed by atoms with Crippen LogP contribution in [0.4, 0.5) is 13.2 Å². The van der Waals surface area contributed by atoms with Gasteiger partial charge in [0, 0.05) is 50.0 Å². The molecule has 2 atom stereocenters. The fourth-order valence-electron chi connectivity index (χ4n) is 5.39. The number of hydrogen-bond donors (Lipinski definition) is 2. The van der Waals surface area contributed by atoms with Gasteiger partial charge in [-0.3, -0.25) is 9.63 Å². The van der Waals surface area contributed by atoms with E-state index in [-0.39, 0.29) is 29.3 Å². The number of aliphatic hydroxyl groups is 1. The highest BCUT2D eigenvalue weighted by Gasteiger charge is 2.49. The van der Waals surface area contributed by atoms with Gasteiger partial charge in [-0.2, -0.15) is 13.2 Å². The maximum atomic E-state index is 13.1. The molecule has 10 nitrogen and oxygen atoms in total. The number of carbonyl (C=O) groups excluding carboxylic acids is 2. The third-order valence-corrected chi connectivity index (χ3v) is 7.76. The lowest BCUT2D eigenvalue weighted by Crippen LogP contribution is -2.49. The summed E-state index contributed by atoms with van der Waals surface area (Å²) >= 11 is 6.12. The van der Waals surface area contributed by atoms with Crippen LogP contribution in [0.5, 0.6) is 17.2 Å². The number of amides is 1. The van der Waals surface area contributed by atoms with Gasteiger partial charge < -0.3 is 29.3 Å². The van der Waals surface area contributed by atoms with Gasteiger partial charge in [0.25, 0.3) is 5.91 Å². The van der Waals surface area contributed by atoms with Crippen molar-refractivity contribution in [2.24, 2.45) is 0 Å². The van der Waals surface area contributed by atoms with E-state index < -0.39 is 42.9 Å². The number of phenolic OH excluding ortho intramolecular Hbond substituents is 1. The number of hydrogen-bond acceptors (Lipinski definition) is 9. The van der Waals surface area contributed by atoms with Crippen molar-refractivity contribution in [2.45, 2.75) is 49.7 Å². The summed E-state index contributed by atoms with van der Waals surface area (Å²) in [6.45, 7) is 1.76. The van der Waals surface area contributed by atoms with E-state index in [9.17, 15) is 33.0 Å². The Morgan fingerprint density at radius 2 is 1.90 bits per heavy atom. The number of halogens is 4. The van der Waals surface area contributed by atoms with Crippen LogP contribution >= 0.6 is 11.6 Å². The second-order valence-corrected chi connectivity index (χ2v) is 11.5. The number of benzene rings is 2. The first-order valence-electron chi connectivity index (χ1n) is 13.3. The number of alkyl halides is 3. The summed E-state index contributed by atoms with van der Waals surface area (Å²) in [7, 11) is 0. The van der Waals surface area contributed by atoms with Gasteiger partial charge in [0.2, 0.25) is 0 Å². The maximum Gasteiger partial charge on any atom is 0.490 e. The van der Waals surface area contributed by atoms with Crippen LogP contribution in [0, 0.1) is 0 Å². The quantitative estimate of drug-likeness (QED) is 0.452. The molecule has 3 aliphatic rings. The van der Waals surface area contributed by atoms with Gasteiger partial charge in [-0.15, -0.1) is 0 Å². The minimum atomic E-state index is -5.19. The van der Waals surface area contributed by atoms with Crippen LogP contribution in [0.1, 0.15) is 35.7 Å². The Bertz CT molecular complexity index is 1350. The monoisotopic (exact) mass is 614 g/mol. The van der Waals surface area contributed by atoms with E-state index in [1.807, 2.05) is 12.1 Å². The number of aliphatic hydroxyl groups excluding tert-OH is 1. The van der Waals surface area contributed by atoms with Crippen LogP contribution in [-0.2, 0) is 20.8 Å². The van der Waals surface area contributed by atoms with Crippen molar-refractivity contribution in [3.8, 4) is 17.2 Å². The molecule has 3 heterocycles. The molecule has 0 radical (unpaired) electrons. The molecule has 0 aromatic heterocycles. The van der Waals surface area contributed by atoms with Crippen LogP contribution in [-0.4, -0.2) is 94.9 Å². The number of esters is 1. The summed E-state index contributed by atoms with van der Waals surface area (Å²) in [5.74, 6) is -2.59. The van der Waals surface area contributed by atoms with Crippen molar-refractivity contribution in [3.05, 3.63) is 52.5 Å². The predicted octanol–water partition coefficient (Wildman–Crippen LogP) is 3.51. The number of nitrogens with zero attached hydrogens (tertiary/aromatic N) is 2. The number of ether oxygens (including phenoxy) is 3. The topological polar surface area (TPSA) is 118 Å². The molecule has 0 saturated carbocycles. The van der Waals surface area contributed by atoms with Crippen LogP contribution in [0.25, 0.3) is 0 Å². The second-order valence-electron chi connectivity index (χ2n) is 11.1. The smallest absolute Gasteiger partial charge is 0.490 e. The predicted molar refractivity (Wildman–Crippen MR) is 141 cm³/mol. The lowest BCUT2D eigenvalue weighted by molar-refractivity contribution is -0.211. The van der Waals surface area contributed by atoms with Crippen molar-refractivity contribution in [1.29, 1.82) is 0 Å². The minimum Gasteiger partial charge on any atom is -0.508 e. The van der Waals surface area contributed by atoms with E-state index in [0.717, 1.165) is 35.6 Å². The van der Waals surface area contributed by atoms with Crippen molar-refractivity contribution >= 4 is 23.5 Å². The van der Waals surface area contributed by atoms with Crippen molar-refractivity contribution in [2.75, 3.05) is 39.4 Å². The third-order valence-electron chi connectivity index (χ3n) is 7.53. The number of fused-ring (bicyclic) bond motifs is 1. The van der Waals surface area contributed by atoms with Gasteiger partial charge in [-0.25, -0.2) is 9.86 Å². The SMILES string of the molecule is C[C@@]1(OC(=O)C(F)(F)F)CON(C(=O)c2ccc(O)cc2OC[C@H](O)CN2CCC3(CC2)Cc2cc(Cl)ccc2O3)C1. The number of phenols is 1. The molecule has 14 heteroatoms. The van der Waals surface area contributed by atoms with E-state index in [4.69, 9.17) is 25.9 Å². The molecule has 0 bridgehead atoms. The summed E-state index contributed by atoms with van der Waals surface area (Å²) in [6, 6.07) is 9.30. The molecule has 2 saturated heterocycles. The molecule has 2 aromatic carbocycles. The van der Waals surface area contributed by atoms with Gasteiger partial charge in [0.1, 0.15) is 42.2 Å². The molecule has 228 valence electrons. The Labute approximate surface area is 244 Å². The van der Waals surface area contributed by atoms with E-state index >= 15 is 0 Å². The fourth-order valence-corrected chi connectivity index (χ4v) is 5.58. The zero-order chi connectivity index (χ0) is 30.3. The Morgan fingerprint density at radius 1 is 1.17 bits per heavy atom. The largest absolute Gasteiger partial charge is 0.508 e. The van der Waals surface area contributed by atoms with Gasteiger partial charge in [-0.1, -0.05) is 11.6 Å². The molecule has 1 amide bonds. The lowest BCUT2D eigenvalue weighted by atomic mass is 9.87. The summed E-state index contributed by atoms with van der Waals surface area (Å²) in [5.41, 5.74) is -0.986. The Balaban J connectivity index is 1.14. The first-order chi connectivity index (χ1) is 19.7. The highest BCUT2D eigenvalue weighted by atomic mass is 35.5. The van der Waals surface area contributed by atoms with Gasteiger partial charge >= 0.3 is 12.1 Å². The molecular weight excluding hydrogens is 585 g/mol. The zero-order valence-corrected chi connectivity index (χ0v) is 23.4. The first kappa shape index (κ1) is 30.2. The number of likely N-dealkylation sites (tertiary alicyclic amines) is 1. The first-order valence-corrected chi connectivity index (χ1v) is 13.7. The van der Waals surface area contributed by atoms with Crippen LogP contribution in [0.3, 0.4) is 0 Å². The number of piperidine rings is 1. The number of rotatable bonds is 7. The molecule has 5 rings (SSSR count). The summed E-state index contributed by atoms with van der Waals surface area (Å²) in [4.78, 5) is 31.7. The number of hydroxylamine groups is 2. The van der Waals surface area contributed by atoms with E-state index in [1.165, 1.54) is 25.1 Å². The normalized spacial score (nSPS) is 22.5. The van der Waals surface area contributed by atoms with E-state index in [0.29, 0.717) is 24.7 Å². The third kappa shape index (κ3) is 6.69. The maximum absolute atomic E-state index is 13.1. The average Bonchev–Trinajstić information content (AvgIpc) is 3.48. The molecule has 0 aliphatic carbocycles. The summed E-state index contributed by atoms with van der Waals surface area (Å²) in [5, 5.41) is 22.1. The van der Waals surface area contributed by atoms with Gasteiger partial charge in [0.15, 0.2) is 5.60 Å². The van der Waals surface area contributed by atoms with Crippen molar-refractivity contribution in [3.63, 3.8) is 0 Å². The molecule has 1 spiro atoms. The highest BCUT2D eigenvalue weighted by molar-refractivity contribution is 6.30. The fraction of sp³-hybridized carbons (Fsp3) is 0.500. The minimum absolute atomic E-state index is 0.0584. The standard InChI is InChI=1S/C28H30ClF3N2O8/c1-26(42-25(38)28(30,31)32)15-34(40-16-26)24(37)21-4-3-19(35)11-23(21)39-14-20(36)13-33-8-6-27(7-9-33)12-17-10-18(29)2-5-22(17)41-27/h2-5,10-11,20,35-36H,6-9,12-16H2,1H3/t20-,26+/m1/s1. The molecule has 0 unspecified atom stereocenters. The Kier molecular flexibility index (Phi) is 8.23. The second kappa shape index (κ2) is 11.4.